The van der Waals surface area contributed by atoms with Crippen molar-refractivity contribution in [3.05, 3.63) is 81.3 Å². The van der Waals surface area contributed by atoms with E-state index in [1.54, 1.807) is 23.1 Å². The van der Waals surface area contributed by atoms with Crippen LogP contribution < -0.4 is 14.4 Å². The molecule has 6 nitrogen and oxygen atoms in total. The third-order valence-electron chi connectivity index (χ3n) is 5.45. The average Bonchev–Trinajstić information content (AvgIpc) is 3.09. The van der Waals surface area contributed by atoms with E-state index in [0.717, 1.165) is 27.7 Å². The van der Waals surface area contributed by atoms with Crippen molar-refractivity contribution in [2.45, 2.75) is 31.2 Å². The van der Waals surface area contributed by atoms with Gasteiger partial charge in [-0.2, -0.15) is 0 Å². The molecule has 0 bridgehead atoms. The van der Waals surface area contributed by atoms with Crippen LogP contribution >= 0.6 is 27.5 Å². The predicted octanol–water partition coefficient (Wildman–Crippen LogP) is 5.57. The predicted molar refractivity (Wildman–Crippen MR) is 134 cm³/mol. The van der Waals surface area contributed by atoms with Crippen molar-refractivity contribution in [3.63, 3.8) is 0 Å². The van der Waals surface area contributed by atoms with Gasteiger partial charge < -0.3 is 9.64 Å². The number of benzene rings is 3. The molecule has 4 rings (SSSR count). The molecule has 0 saturated heterocycles. The van der Waals surface area contributed by atoms with Crippen LogP contribution in [0.4, 0.5) is 11.4 Å². The molecule has 1 atom stereocenters. The van der Waals surface area contributed by atoms with Crippen molar-refractivity contribution in [2.75, 3.05) is 16.2 Å². The largest absolute Gasteiger partial charge is 0.484 e. The summed E-state index contributed by atoms with van der Waals surface area (Å²) in [6.45, 7) is 3.69. The Labute approximate surface area is 206 Å². The number of aryl methyl sites for hydroxylation is 1. The van der Waals surface area contributed by atoms with Crippen LogP contribution in [-0.4, -0.2) is 27.0 Å². The molecule has 1 N–H and O–H groups in total. The van der Waals surface area contributed by atoms with E-state index in [9.17, 15) is 13.2 Å². The van der Waals surface area contributed by atoms with Crippen LogP contribution in [0.5, 0.6) is 5.75 Å². The summed E-state index contributed by atoms with van der Waals surface area (Å²) in [6.07, 6.45) is 0.784. The third-order valence-corrected chi connectivity index (χ3v) is 7.74. The quantitative estimate of drug-likeness (QED) is 0.436. The molecule has 0 radical (unpaired) electrons. The summed E-state index contributed by atoms with van der Waals surface area (Å²) >= 11 is 9.54. The highest BCUT2D eigenvalue weighted by atomic mass is 79.9. The van der Waals surface area contributed by atoms with E-state index in [2.05, 4.69) is 20.7 Å². The van der Waals surface area contributed by atoms with Gasteiger partial charge in [-0.1, -0.05) is 33.6 Å². The number of hydrogen-bond acceptors (Lipinski definition) is 4. The highest BCUT2D eigenvalue weighted by Gasteiger charge is 2.31. The molecule has 0 saturated carbocycles. The SMILES string of the molecule is Cc1ccc(NS(=O)(=O)c2ccc(OCC(=O)N3c4ccc(Br)cc4C[C@@H]3C)cc2)cc1Cl. The molecular weight excluding hydrogens is 528 g/mol. The van der Waals surface area contributed by atoms with Gasteiger partial charge in [0.2, 0.25) is 0 Å². The second-order valence-electron chi connectivity index (χ2n) is 7.92. The highest BCUT2D eigenvalue weighted by molar-refractivity contribution is 9.10. The Morgan fingerprint density at radius 3 is 2.58 bits per heavy atom. The maximum absolute atomic E-state index is 12.8. The first-order chi connectivity index (χ1) is 15.6. The number of ether oxygens (including phenoxy) is 1. The lowest BCUT2D eigenvalue weighted by atomic mass is 10.1. The van der Waals surface area contributed by atoms with Crippen molar-refractivity contribution < 1.29 is 17.9 Å². The van der Waals surface area contributed by atoms with E-state index in [4.69, 9.17) is 16.3 Å². The first-order valence-electron chi connectivity index (χ1n) is 10.3. The summed E-state index contributed by atoms with van der Waals surface area (Å²) in [6, 6.07) is 16.8. The Morgan fingerprint density at radius 1 is 1.15 bits per heavy atom. The Balaban J connectivity index is 1.41. The fraction of sp³-hybridized carbons (Fsp3) is 0.208. The van der Waals surface area contributed by atoms with Crippen molar-refractivity contribution in [2.24, 2.45) is 0 Å². The monoisotopic (exact) mass is 548 g/mol. The maximum atomic E-state index is 12.8. The number of anilines is 2. The maximum Gasteiger partial charge on any atom is 0.265 e. The standard InChI is InChI=1S/C24H22BrClN2O4S/c1-15-3-5-19(13-22(15)26)27-33(30,31)21-8-6-20(7-9-21)32-14-24(29)28-16(2)11-17-12-18(25)4-10-23(17)28/h3-10,12-13,16,27H,11,14H2,1-2H3/t16-/m0/s1. The van der Waals surface area contributed by atoms with Gasteiger partial charge in [-0.25, -0.2) is 8.42 Å². The van der Waals surface area contributed by atoms with Gasteiger partial charge in [0.05, 0.1) is 10.6 Å². The van der Waals surface area contributed by atoms with E-state index < -0.39 is 10.0 Å². The molecule has 0 unspecified atom stereocenters. The van der Waals surface area contributed by atoms with Crippen LogP contribution in [0.25, 0.3) is 0 Å². The zero-order valence-corrected chi connectivity index (χ0v) is 21.2. The minimum absolute atomic E-state index is 0.0410. The van der Waals surface area contributed by atoms with Crippen LogP contribution in [0.3, 0.4) is 0 Å². The van der Waals surface area contributed by atoms with Gasteiger partial charge in [-0.15, -0.1) is 0 Å². The molecule has 1 aliphatic rings. The van der Waals surface area contributed by atoms with Crippen molar-refractivity contribution >= 4 is 54.8 Å². The minimum Gasteiger partial charge on any atom is -0.484 e. The molecule has 3 aromatic rings. The summed E-state index contributed by atoms with van der Waals surface area (Å²) in [5.41, 5.74) is 3.24. The van der Waals surface area contributed by atoms with E-state index in [1.165, 1.54) is 24.3 Å². The fourth-order valence-electron chi connectivity index (χ4n) is 3.78. The summed E-state index contributed by atoms with van der Waals surface area (Å²) in [5.74, 6) is 0.252. The number of nitrogens with zero attached hydrogens (tertiary/aromatic N) is 1. The lowest BCUT2D eigenvalue weighted by molar-refractivity contribution is -0.120. The molecule has 1 aliphatic heterocycles. The zero-order chi connectivity index (χ0) is 23.8. The molecule has 3 aromatic carbocycles. The molecule has 172 valence electrons. The molecule has 1 amide bonds. The van der Waals surface area contributed by atoms with Gasteiger partial charge in [0.15, 0.2) is 6.61 Å². The minimum atomic E-state index is -3.79. The topological polar surface area (TPSA) is 75.7 Å². The number of rotatable bonds is 6. The molecule has 33 heavy (non-hydrogen) atoms. The number of hydrogen-bond donors (Lipinski definition) is 1. The van der Waals surface area contributed by atoms with E-state index in [1.807, 2.05) is 32.0 Å². The van der Waals surface area contributed by atoms with Crippen molar-refractivity contribution in [1.82, 2.24) is 0 Å². The van der Waals surface area contributed by atoms with Gasteiger partial charge in [0.25, 0.3) is 15.9 Å². The highest BCUT2D eigenvalue weighted by Crippen LogP contribution is 2.34. The molecule has 0 spiro atoms. The van der Waals surface area contributed by atoms with Crippen LogP contribution in [0.15, 0.2) is 70.0 Å². The number of sulfonamides is 1. The number of fused-ring (bicyclic) bond motifs is 1. The van der Waals surface area contributed by atoms with Crippen LogP contribution in [-0.2, 0) is 21.2 Å². The Hall–Kier alpha value is -2.55. The van der Waals surface area contributed by atoms with Crippen molar-refractivity contribution in [3.8, 4) is 5.75 Å². The molecule has 0 fully saturated rings. The normalized spacial score (nSPS) is 15.3. The van der Waals surface area contributed by atoms with Gasteiger partial charge in [-0.3, -0.25) is 9.52 Å². The lowest BCUT2D eigenvalue weighted by Gasteiger charge is -2.22. The van der Waals surface area contributed by atoms with Crippen LogP contribution in [0, 0.1) is 6.92 Å². The first kappa shape index (κ1) is 23.6. The molecule has 9 heteroatoms. The van der Waals surface area contributed by atoms with E-state index in [0.29, 0.717) is 16.5 Å². The summed E-state index contributed by atoms with van der Waals surface area (Å²) in [4.78, 5) is 14.7. The van der Waals surface area contributed by atoms with E-state index in [-0.39, 0.29) is 23.5 Å². The van der Waals surface area contributed by atoms with Gasteiger partial charge in [-0.05, 0) is 86.0 Å². The Kier molecular flexibility index (Phi) is 6.70. The molecular formula is C24H22BrClN2O4S. The average molecular weight is 550 g/mol. The Morgan fingerprint density at radius 2 is 1.88 bits per heavy atom. The van der Waals surface area contributed by atoms with Gasteiger partial charge in [0.1, 0.15) is 5.75 Å². The van der Waals surface area contributed by atoms with Gasteiger partial charge in [0, 0.05) is 21.2 Å². The molecule has 0 aromatic heterocycles. The summed E-state index contributed by atoms with van der Waals surface area (Å²) in [5, 5.41) is 0.478. The number of carbonyl (C=O) groups is 1. The van der Waals surface area contributed by atoms with E-state index >= 15 is 0 Å². The Bertz CT molecular complexity index is 1310. The second kappa shape index (κ2) is 9.37. The van der Waals surface area contributed by atoms with Gasteiger partial charge >= 0.3 is 0 Å². The zero-order valence-electron chi connectivity index (χ0n) is 18.0. The fourth-order valence-corrected chi connectivity index (χ4v) is 5.42. The van der Waals surface area contributed by atoms with Crippen LogP contribution in [0.1, 0.15) is 18.1 Å². The number of carbonyl (C=O) groups excluding carboxylic acids is 1. The smallest absolute Gasteiger partial charge is 0.265 e. The second-order valence-corrected chi connectivity index (χ2v) is 10.9. The number of halogens is 2. The third kappa shape index (κ3) is 5.18. The molecule has 0 aliphatic carbocycles. The summed E-state index contributed by atoms with van der Waals surface area (Å²) < 4.78 is 34.5. The number of nitrogens with one attached hydrogen (secondary N) is 1. The van der Waals surface area contributed by atoms with Crippen molar-refractivity contribution in [1.29, 1.82) is 0 Å². The first-order valence-corrected chi connectivity index (χ1v) is 12.9. The molecule has 1 heterocycles. The summed E-state index contributed by atoms with van der Waals surface area (Å²) in [7, 11) is -3.79. The number of amides is 1. The lowest BCUT2D eigenvalue weighted by Crippen LogP contribution is -2.39. The van der Waals surface area contributed by atoms with Crippen LogP contribution in [0.2, 0.25) is 5.02 Å².